The first-order chi connectivity index (χ1) is 9.00. The number of nitrogens with one attached hydrogen (secondary N) is 1. The lowest BCUT2D eigenvalue weighted by Crippen LogP contribution is -2.27. The highest BCUT2D eigenvalue weighted by Crippen LogP contribution is 2.26. The Kier molecular flexibility index (Phi) is 5.63. The zero-order chi connectivity index (χ0) is 15.6. The third-order valence-corrected chi connectivity index (χ3v) is 4.93. The zero-order valence-corrected chi connectivity index (χ0v) is 14.7. The van der Waals surface area contributed by atoms with Crippen molar-refractivity contribution in [3.8, 4) is 0 Å². The van der Waals surface area contributed by atoms with Crippen molar-refractivity contribution in [1.82, 2.24) is 5.32 Å². The Morgan fingerprint density at radius 2 is 1.95 bits per heavy atom. The summed E-state index contributed by atoms with van der Waals surface area (Å²) in [6.07, 6.45) is 0.829. The Morgan fingerprint density at radius 1 is 1.35 bits per heavy atom. The molecular weight excluding hydrogens is 366 g/mol. The molecule has 1 aromatic carbocycles. The van der Waals surface area contributed by atoms with Crippen molar-refractivity contribution in [2.45, 2.75) is 32.1 Å². The summed E-state index contributed by atoms with van der Waals surface area (Å²) in [4.78, 5) is 11.8. The fourth-order valence-corrected chi connectivity index (χ4v) is 3.60. The highest BCUT2D eigenvalue weighted by molar-refractivity contribution is 9.10. The van der Waals surface area contributed by atoms with Crippen LogP contribution < -0.4 is 5.32 Å². The number of benzene rings is 1. The molecule has 0 unspecified atom stereocenters. The van der Waals surface area contributed by atoms with Gasteiger partial charge in [0.2, 0.25) is 0 Å². The first kappa shape index (κ1) is 17.5. The highest BCUT2D eigenvalue weighted by Gasteiger charge is 2.18. The van der Waals surface area contributed by atoms with Gasteiger partial charge >= 0.3 is 0 Å². The molecule has 0 atom stereocenters. The third kappa shape index (κ3) is 5.42. The molecular formula is C13H17BrClNO3S. The quantitative estimate of drug-likeness (QED) is 0.810. The van der Waals surface area contributed by atoms with Crippen molar-refractivity contribution >= 4 is 41.6 Å². The summed E-state index contributed by atoms with van der Waals surface area (Å²) in [5, 5.41) is 2.76. The second-order valence-electron chi connectivity index (χ2n) is 5.65. The van der Waals surface area contributed by atoms with Gasteiger partial charge < -0.3 is 5.32 Å². The fraction of sp³-hybridized carbons (Fsp3) is 0.462. The molecule has 7 heteroatoms. The van der Waals surface area contributed by atoms with Crippen LogP contribution in [-0.2, 0) is 9.05 Å². The van der Waals surface area contributed by atoms with Gasteiger partial charge in [0.25, 0.3) is 15.0 Å². The van der Waals surface area contributed by atoms with E-state index in [-0.39, 0.29) is 21.8 Å². The van der Waals surface area contributed by atoms with Crippen LogP contribution in [0.5, 0.6) is 0 Å². The van der Waals surface area contributed by atoms with E-state index in [1.54, 1.807) is 6.07 Å². The SMILES string of the molecule is CC(C)(C)CCNC(=O)c1ccc(Br)c(S(=O)(=O)Cl)c1. The van der Waals surface area contributed by atoms with Crippen molar-refractivity contribution in [3.63, 3.8) is 0 Å². The van der Waals surface area contributed by atoms with E-state index in [2.05, 4.69) is 42.0 Å². The summed E-state index contributed by atoms with van der Waals surface area (Å²) in [5.74, 6) is -0.316. The molecule has 1 N–H and O–H groups in total. The molecule has 0 saturated heterocycles. The van der Waals surface area contributed by atoms with Crippen LogP contribution in [0.15, 0.2) is 27.6 Å². The first-order valence-corrected chi connectivity index (χ1v) is 9.13. The van der Waals surface area contributed by atoms with Gasteiger partial charge in [-0.15, -0.1) is 0 Å². The molecule has 0 heterocycles. The van der Waals surface area contributed by atoms with Crippen LogP contribution in [-0.4, -0.2) is 20.9 Å². The molecule has 0 fully saturated rings. The van der Waals surface area contributed by atoms with Crippen molar-refractivity contribution in [3.05, 3.63) is 28.2 Å². The third-order valence-electron chi connectivity index (χ3n) is 2.62. The monoisotopic (exact) mass is 381 g/mol. The average Bonchev–Trinajstić information content (AvgIpc) is 2.26. The number of hydrogen-bond donors (Lipinski definition) is 1. The first-order valence-electron chi connectivity index (χ1n) is 6.03. The Bertz CT molecular complexity index is 609. The van der Waals surface area contributed by atoms with Gasteiger partial charge in [0.15, 0.2) is 0 Å². The average molecular weight is 383 g/mol. The van der Waals surface area contributed by atoms with E-state index in [1.165, 1.54) is 12.1 Å². The molecule has 0 aliphatic carbocycles. The summed E-state index contributed by atoms with van der Waals surface area (Å²) >= 11 is 3.10. The fourth-order valence-electron chi connectivity index (χ4n) is 1.48. The van der Waals surface area contributed by atoms with Gasteiger partial charge in [0, 0.05) is 27.3 Å². The van der Waals surface area contributed by atoms with Gasteiger partial charge in [-0.3, -0.25) is 4.79 Å². The van der Waals surface area contributed by atoms with Gasteiger partial charge in [-0.05, 0) is 46.0 Å². The highest BCUT2D eigenvalue weighted by atomic mass is 79.9. The molecule has 112 valence electrons. The maximum absolute atomic E-state index is 12.0. The normalized spacial score (nSPS) is 12.2. The zero-order valence-electron chi connectivity index (χ0n) is 11.5. The molecule has 0 saturated carbocycles. The molecule has 4 nitrogen and oxygen atoms in total. The van der Waals surface area contributed by atoms with Crippen molar-refractivity contribution in [2.24, 2.45) is 5.41 Å². The van der Waals surface area contributed by atoms with Crippen LogP contribution in [0.25, 0.3) is 0 Å². The van der Waals surface area contributed by atoms with Crippen LogP contribution in [0, 0.1) is 5.41 Å². The molecule has 0 bridgehead atoms. The second-order valence-corrected chi connectivity index (χ2v) is 9.04. The lowest BCUT2D eigenvalue weighted by Gasteiger charge is -2.18. The van der Waals surface area contributed by atoms with Gasteiger partial charge in [-0.2, -0.15) is 0 Å². The Balaban J connectivity index is 2.85. The van der Waals surface area contributed by atoms with E-state index in [4.69, 9.17) is 10.7 Å². The van der Waals surface area contributed by atoms with Crippen molar-refractivity contribution in [1.29, 1.82) is 0 Å². The topological polar surface area (TPSA) is 63.2 Å². The van der Waals surface area contributed by atoms with E-state index in [9.17, 15) is 13.2 Å². The summed E-state index contributed by atoms with van der Waals surface area (Å²) in [6, 6.07) is 4.30. The number of hydrogen-bond acceptors (Lipinski definition) is 3. The molecule has 0 spiro atoms. The molecule has 1 aromatic rings. The lowest BCUT2D eigenvalue weighted by molar-refractivity contribution is 0.0949. The molecule has 0 radical (unpaired) electrons. The van der Waals surface area contributed by atoms with Crippen LogP contribution in [0.1, 0.15) is 37.6 Å². The summed E-state index contributed by atoms with van der Waals surface area (Å²) in [5.41, 5.74) is 0.388. The number of rotatable bonds is 4. The number of carbonyl (C=O) groups excluding carboxylic acids is 1. The predicted octanol–water partition coefficient (Wildman–Crippen LogP) is 3.54. The molecule has 0 aliphatic rings. The molecule has 20 heavy (non-hydrogen) atoms. The van der Waals surface area contributed by atoms with Crippen LogP contribution in [0.3, 0.4) is 0 Å². The number of amides is 1. The standard InChI is InChI=1S/C13H17BrClNO3S/c1-13(2,3)6-7-16-12(17)9-4-5-10(14)11(8-9)20(15,18)19/h4-5,8H,6-7H2,1-3H3,(H,16,17). The number of carbonyl (C=O) groups is 1. The maximum Gasteiger partial charge on any atom is 0.262 e. The van der Waals surface area contributed by atoms with Crippen LogP contribution in [0.2, 0.25) is 0 Å². The Labute approximate surface area is 132 Å². The summed E-state index contributed by atoms with van der Waals surface area (Å²) in [6.45, 7) is 6.77. The minimum absolute atomic E-state index is 0.109. The smallest absolute Gasteiger partial charge is 0.262 e. The minimum Gasteiger partial charge on any atom is -0.352 e. The van der Waals surface area contributed by atoms with E-state index in [0.29, 0.717) is 11.0 Å². The number of halogens is 2. The second kappa shape index (κ2) is 6.45. The van der Waals surface area contributed by atoms with Crippen molar-refractivity contribution in [2.75, 3.05) is 6.54 Å². The van der Waals surface area contributed by atoms with E-state index in [1.807, 2.05) is 0 Å². The molecule has 1 rings (SSSR count). The Morgan fingerprint density at radius 3 is 2.45 bits per heavy atom. The van der Waals surface area contributed by atoms with E-state index < -0.39 is 9.05 Å². The van der Waals surface area contributed by atoms with Gasteiger partial charge in [-0.25, -0.2) is 8.42 Å². The van der Waals surface area contributed by atoms with Gasteiger partial charge in [-0.1, -0.05) is 20.8 Å². The molecule has 0 aromatic heterocycles. The van der Waals surface area contributed by atoms with Crippen molar-refractivity contribution < 1.29 is 13.2 Å². The summed E-state index contributed by atoms with van der Waals surface area (Å²) in [7, 11) is 1.43. The van der Waals surface area contributed by atoms with Crippen LogP contribution in [0.4, 0.5) is 0 Å². The molecule has 0 aliphatic heterocycles. The Hall–Kier alpha value is -0.590. The van der Waals surface area contributed by atoms with Gasteiger partial charge in [0.05, 0.1) is 4.90 Å². The van der Waals surface area contributed by atoms with Crippen LogP contribution >= 0.6 is 26.6 Å². The predicted molar refractivity (Wildman–Crippen MR) is 83.6 cm³/mol. The summed E-state index contributed by atoms with van der Waals surface area (Å²) < 4.78 is 23.1. The van der Waals surface area contributed by atoms with Gasteiger partial charge in [0.1, 0.15) is 0 Å². The maximum atomic E-state index is 12.0. The lowest BCUT2D eigenvalue weighted by atomic mass is 9.92. The molecule has 1 amide bonds. The minimum atomic E-state index is -3.89. The largest absolute Gasteiger partial charge is 0.352 e. The van der Waals surface area contributed by atoms with E-state index >= 15 is 0 Å². The van der Waals surface area contributed by atoms with E-state index in [0.717, 1.165) is 6.42 Å².